The monoisotopic (exact) mass is 292 g/mol. The van der Waals surface area contributed by atoms with Crippen LogP contribution in [0.4, 0.5) is 11.4 Å². The van der Waals surface area contributed by atoms with Crippen molar-refractivity contribution in [1.82, 2.24) is 0 Å². The van der Waals surface area contributed by atoms with E-state index in [4.69, 9.17) is 4.74 Å². The van der Waals surface area contributed by atoms with Gasteiger partial charge in [0, 0.05) is 30.0 Å². The Morgan fingerprint density at radius 1 is 1.37 bits per heavy atom. The number of nitrogens with zero attached hydrogens (tertiary/aromatic N) is 5. The molecule has 3 aliphatic rings. The molecule has 6 nitrogen and oxygen atoms in total. The summed E-state index contributed by atoms with van der Waals surface area (Å²) < 4.78 is 6.80. The molecule has 0 aliphatic carbocycles. The molecule has 0 N–H and O–H groups in total. The van der Waals surface area contributed by atoms with Crippen LogP contribution in [0.2, 0.25) is 0 Å². The molecule has 1 aromatic carbocycles. The van der Waals surface area contributed by atoms with Gasteiger partial charge < -0.3 is 4.74 Å². The third-order valence-corrected chi connectivity index (χ3v) is 5.64. The molecule has 1 unspecified atom stereocenters. The van der Waals surface area contributed by atoms with Crippen LogP contribution in [0.5, 0.6) is 0 Å². The van der Waals surface area contributed by atoms with E-state index in [0.29, 0.717) is 5.23 Å². The lowest BCUT2D eigenvalue weighted by Crippen LogP contribution is -2.37. The second-order valence-corrected chi connectivity index (χ2v) is 6.56. The highest BCUT2D eigenvalue weighted by Crippen LogP contribution is 2.61. The summed E-state index contributed by atoms with van der Waals surface area (Å²) in [7, 11) is 3.38. The van der Waals surface area contributed by atoms with E-state index in [1.807, 2.05) is 34.0 Å². The molecule has 1 aromatic rings. The second kappa shape index (κ2) is 3.73. The summed E-state index contributed by atoms with van der Waals surface area (Å²) in [6.07, 6.45) is 0. The lowest BCUT2D eigenvalue weighted by molar-refractivity contribution is -0.519. The summed E-state index contributed by atoms with van der Waals surface area (Å²) in [5.74, 6) is 0. The van der Waals surface area contributed by atoms with Crippen molar-refractivity contribution < 1.29 is 9.43 Å². The molecule has 0 amide bonds. The molecule has 0 saturated carbocycles. The Kier molecular flexibility index (Phi) is 2.22. The molecule has 3 heterocycles. The summed E-state index contributed by atoms with van der Waals surface area (Å²) >= 11 is 3.12. The number of anilines is 1. The van der Waals surface area contributed by atoms with E-state index in [-0.39, 0.29) is 0 Å². The van der Waals surface area contributed by atoms with Gasteiger partial charge in [-0.05, 0) is 10.8 Å². The number of hydrogen-bond donors (Lipinski definition) is 0. The lowest BCUT2D eigenvalue weighted by atomic mass is 10.3. The summed E-state index contributed by atoms with van der Waals surface area (Å²) in [4.78, 5) is 4.19. The van der Waals surface area contributed by atoms with E-state index in [2.05, 4.69) is 15.2 Å². The number of benzene rings is 1. The molecule has 0 radical (unpaired) electrons. The molecule has 0 saturated heterocycles. The number of amidine groups is 1. The van der Waals surface area contributed by atoms with E-state index >= 15 is 0 Å². The van der Waals surface area contributed by atoms with Crippen LogP contribution < -0.4 is 5.01 Å². The van der Waals surface area contributed by atoms with Crippen LogP contribution >= 0.6 is 23.5 Å². The third kappa shape index (κ3) is 1.30. The van der Waals surface area contributed by atoms with Crippen LogP contribution in [0.1, 0.15) is 0 Å². The number of thioether (sulfide) groups is 2. The molecular formula is C11H10N5OS2+. The summed E-state index contributed by atoms with van der Waals surface area (Å²) in [5, 5.41) is 12.4. The summed E-state index contributed by atoms with van der Waals surface area (Å²) in [6, 6.07) is 8.08. The van der Waals surface area contributed by atoms with E-state index in [9.17, 15) is 0 Å². The lowest BCUT2D eigenvalue weighted by Gasteiger charge is -2.15. The van der Waals surface area contributed by atoms with Crippen LogP contribution in [0.15, 0.2) is 39.5 Å². The van der Waals surface area contributed by atoms with Gasteiger partial charge in [0.1, 0.15) is 5.69 Å². The third-order valence-electron chi connectivity index (χ3n) is 3.05. The maximum absolute atomic E-state index is 5.28. The zero-order chi connectivity index (χ0) is 13.0. The fraction of sp³-hybridized carbons (Fsp3) is 0.273. The van der Waals surface area contributed by atoms with Gasteiger partial charge in [-0.3, -0.25) is 4.99 Å². The summed E-state index contributed by atoms with van der Waals surface area (Å²) in [6.45, 7) is 0. The van der Waals surface area contributed by atoms with Crippen molar-refractivity contribution >= 4 is 45.3 Å². The maximum atomic E-state index is 5.28. The Balaban J connectivity index is 1.96. The van der Waals surface area contributed by atoms with Crippen molar-refractivity contribution in [2.75, 3.05) is 19.2 Å². The average molecular weight is 292 g/mol. The minimum absolute atomic E-state index is 0.454. The molecule has 4 rings (SSSR count). The van der Waals surface area contributed by atoms with Gasteiger partial charge in [0.15, 0.2) is 0 Å². The number of hydrogen-bond acceptors (Lipinski definition) is 6. The largest absolute Gasteiger partial charge is 0.475 e. The van der Waals surface area contributed by atoms with Gasteiger partial charge in [0.25, 0.3) is 16.1 Å². The van der Waals surface area contributed by atoms with Crippen molar-refractivity contribution in [1.29, 1.82) is 0 Å². The normalized spacial score (nSPS) is 28.9. The predicted molar refractivity (Wildman–Crippen MR) is 77.0 cm³/mol. The molecule has 1 spiro atoms. The van der Waals surface area contributed by atoms with Gasteiger partial charge in [-0.25, -0.2) is 0 Å². The number of para-hydroxylation sites is 2. The first kappa shape index (κ1) is 11.3. The van der Waals surface area contributed by atoms with Crippen molar-refractivity contribution in [3.8, 4) is 0 Å². The van der Waals surface area contributed by atoms with Crippen LogP contribution in [0.25, 0.3) is 0 Å². The van der Waals surface area contributed by atoms with Gasteiger partial charge in [-0.1, -0.05) is 12.1 Å². The summed E-state index contributed by atoms with van der Waals surface area (Å²) in [5.41, 5.74) is 2.08. The molecule has 1 atom stereocenters. The topological polar surface area (TPSA) is 52.6 Å². The first-order chi connectivity index (χ1) is 9.28. The molecule has 3 aliphatic heterocycles. The highest BCUT2D eigenvalue weighted by molar-refractivity contribution is 8.31. The minimum Gasteiger partial charge on any atom is -0.475 e. The first-order valence-corrected chi connectivity index (χ1v) is 7.30. The Morgan fingerprint density at radius 2 is 2.21 bits per heavy atom. The highest BCUT2D eigenvalue weighted by atomic mass is 32.2. The Morgan fingerprint density at radius 3 is 3.00 bits per heavy atom. The number of aliphatic imine (C=N–C) groups is 1. The number of fused-ring (bicyclic) bond motifs is 3. The van der Waals surface area contributed by atoms with Crippen LogP contribution in [-0.2, 0) is 4.74 Å². The standard InChI is InChI=1S/C11H10N5OS2/c1-12-9-13-15-7-5-3-4-6-8(7)16-11(15,18-9)19-10(14-16)17-2/h3-6H,1-2H3/q+1. The minimum atomic E-state index is -0.454. The molecule has 96 valence electrons. The quantitative estimate of drug-likeness (QED) is 0.690. The van der Waals surface area contributed by atoms with Crippen LogP contribution in [0.3, 0.4) is 0 Å². The van der Waals surface area contributed by atoms with E-state index in [0.717, 1.165) is 16.5 Å². The number of methoxy groups -OCH3 is 1. The first-order valence-electron chi connectivity index (χ1n) is 5.67. The van der Waals surface area contributed by atoms with E-state index in [1.165, 1.54) is 0 Å². The zero-order valence-corrected chi connectivity index (χ0v) is 11.9. The van der Waals surface area contributed by atoms with Gasteiger partial charge in [-0.15, -0.1) is 5.10 Å². The Bertz CT molecular complexity index is 671. The van der Waals surface area contributed by atoms with Gasteiger partial charge >= 0.3 is 4.33 Å². The van der Waals surface area contributed by atoms with E-state index < -0.39 is 4.33 Å². The fourth-order valence-corrected chi connectivity index (χ4v) is 4.65. The van der Waals surface area contributed by atoms with Gasteiger partial charge in [0.2, 0.25) is 0 Å². The predicted octanol–water partition coefficient (Wildman–Crippen LogP) is 2.61. The van der Waals surface area contributed by atoms with Gasteiger partial charge in [-0.2, -0.15) is 5.01 Å². The number of rotatable bonds is 0. The fourth-order valence-electron chi connectivity index (χ4n) is 2.26. The maximum Gasteiger partial charge on any atom is 0.402 e. The number of ether oxygens (including phenoxy) is 1. The molecule has 0 aromatic heterocycles. The smallest absolute Gasteiger partial charge is 0.402 e. The zero-order valence-electron chi connectivity index (χ0n) is 10.3. The molecular weight excluding hydrogens is 282 g/mol. The highest BCUT2D eigenvalue weighted by Gasteiger charge is 2.69. The molecule has 0 bridgehead atoms. The Hall–Kier alpha value is -1.54. The van der Waals surface area contributed by atoms with Gasteiger partial charge in [0.05, 0.1) is 18.9 Å². The van der Waals surface area contributed by atoms with Crippen molar-refractivity contribution in [2.24, 2.45) is 15.2 Å². The number of azo groups is 2. The average Bonchev–Trinajstić information content (AvgIpc) is 3.05. The molecule has 8 heteroatoms. The SMILES string of the molecule is CN=C1N=[N+]2c3ccccc3N3N=C(OC)SC32S1. The van der Waals surface area contributed by atoms with Crippen molar-refractivity contribution in [3.63, 3.8) is 0 Å². The molecule has 0 fully saturated rings. The van der Waals surface area contributed by atoms with Crippen LogP contribution in [0, 0.1) is 0 Å². The van der Waals surface area contributed by atoms with Crippen LogP contribution in [-0.4, -0.2) is 33.6 Å². The number of hydrazone groups is 1. The molecule has 19 heavy (non-hydrogen) atoms. The second-order valence-electron chi connectivity index (χ2n) is 4.04. The Labute approximate surface area is 118 Å². The van der Waals surface area contributed by atoms with Crippen molar-refractivity contribution in [2.45, 2.75) is 4.33 Å². The van der Waals surface area contributed by atoms with Crippen molar-refractivity contribution in [3.05, 3.63) is 24.3 Å². The van der Waals surface area contributed by atoms with E-state index in [1.54, 1.807) is 37.7 Å².